The second-order valence-corrected chi connectivity index (χ2v) is 11.2. The van der Waals surface area contributed by atoms with Gasteiger partial charge in [-0.15, -0.1) is 0 Å². The molecule has 0 radical (unpaired) electrons. The van der Waals surface area contributed by atoms with Gasteiger partial charge in [0.15, 0.2) is 0 Å². The maximum absolute atomic E-state index is 13.7. The predicted molar refractivity (Wildman–Crippen MR) is 140 cm³/mol. The van der Waals surface area contributed by atoms with E-state index in [9.17, 15) is 18.8 Å². The summed E-state index contributed by atoms with van der Waals surface area (Å²) >= 11 is 0. The minimum absolute atomic E-state index is 0.0703. The fourth-order valence-corrected chi connectivity index (χ4v) is 5.14. The van der Waals surface area contributed by atoms with Crippen LogP contribution in [0.2, 0.25) is 0 Å². The van der Waals surface area contributed by atoms with Crippen LogP contribution in [0.4, 0.5) is 15.0 Å². The first-order valence-electron chi connectivity index (χ1n) is 13.0. The predicted octanol–water partition coefficient (Wildman–Crippen LogP) is 3.28. The molecule has 4 atom stereocenters. The minimum Gasteiger partial charge on any atom is -0.444 e. The van der Waals surface area contributed by atoms with Crippen molar-refractivity contribution in [3.8, 4) is 0 Å². The average Bonchev–Trinajstić information content (AvgIpc) is 3.42. The van der Waals surface area contributed by atoms with Crippen LogP contribution in [0.3, 0.4) is 0 Å². The molecule has 0 saturated carbocycles. The van der Waals surface area contributed by atoms with Crippen molar-refractivity contribution in [2.45, 2.75) is 77.1 Å². The Bertz CT molecular complexity index is 1210. The fourth-order valence-electron chi connectivity index (χ4n) is 5.14. The summed E-state index contributed by atoms with van der Waals surface area (Å²) in [6.07, 6.45) is 1.71. The number of halogens is 1. The molecule has 2 heterocycles. The van der Waals surface area contributed by atoms with Gasteiger partial charge in [0, 0.05) is 12.2 Å². The second-order valence-electron chi connectivity index (χ2n) is 11.2. The Morgan fingerprint density at radius 3 is 2.71 bits per heavy atom. The van der Waals surface area contributed by atoms with Crippen molar-refractivity contribution < 1.29 is 23.5 Å². The first kappa shape index (κ1) is 27.3. The van der Waals surface area contributed by atoms with Gasteiger partial charge in [-0.2, -0.15) is 0 Å². The highest BCUT2D eigenvalue weighted by Crippen LogP contribution is 2.31. The number of amides is 3. The van der Waals surface area contributed by atoms with Crippen molar-refractivity contribution in [2.75, 3.05) is 12.3 Å². The highest BCUT2D eigenvalue weighted by atomic mass is 19.1. The lowest BCUT2D eigenvalue weighted by atomic mass is 9.96. The molecule has 1 aliphatic heterocycles. The van der Waals surface area contributed by atoms with Crippen LogP contribution in [0.15, 0.2) is 36.4 Å². The first-order valence-corrected chi connectivity index (χ1v) is 13.0. The molecule has 1 aromatic carbocycles. The molecular weight excluding hydrogens is 489 g/mol. The average molecular weight is 526 g/mol. The number of nitrogens with two attached hydrogens (primary N) is 1. The van der Waals surface area contributed by atoms with Crippen LogP contribution >= 0.6 is 0 Å². The summed E-state index contributed by atoms with van der Waals surface area (Å²) in [6.45, 7) is 7.19. The number of benzene rings is 1. The molecule has 4 N–H and O–H groups in total. The van der Waals surface area contributed by atoms with E-state index in [1.807, 2.05) is 12.1 Å². The van der Waals surface area contributed by atoms with Crippen LogP contribution in [0.1, 0.15) is 63.4 Å². The molecule has 1 saturated heterocycles. The number of nitrogens with one attached hydrogen (secondary N) is 2. The Morgan fingerprint density at radius 1 is 1.24 bits per heavy atom. The Labute approximate surface area is 222 Å². The van der Waals surface area contributed by atoms with Gasteiger partial charge in [-0.3, -0.25) is 14.5 Å². The van der Waals surface area contributed by atoms with Gasteiger partial charge in [0.1, 0.15) is 29.3 Å². The number of hydrogen-bond donors (Lipinski definition) is 3. The number of nitrogens with zero attached hydrogens (tertiary/aromatic N) is 2. The van der Waals surface area contributed by atoms with Crippen LogP contribution in [-0.2, 0) is 27.2 Å². The zero-order chi connectivity index (χ0) is 27.6. The highest BCUT2D eigenvalue weighted by Gasteiger charge is 2.42. The SMILES string of the molecule is C[C@H](NC(=O)[C@H]1C[C@H](Cc2cccc(F)c2)CN1C(=O)OC(C)(C)C)C(=O)N[C@@H]1CCc2nc(N)ccc21. The van der Waals surface area contributed by atoms with E-state index >= 15 is 0 Å². The van der Waals surface area contributed by atoms with E-state index < -0.39 is 29.7 Å². The van der Waals surface area contributed by atoms with Crippen molar-refractivity contribution in [2.24, 2.45) is 5.92 Å². The van der Waals surface area contributed by atoms with Gasteiger partial charge >= 0.3 is 6.09 Å². The smallest absolute Gasteiger partial charge is 0.410 e. The summed E-state index contributed by atoms with van der Waals surface area (Å²) in [5.41, 5.74) is 7.63. The molecule has 1 aliphatic carbocycles. The molecule has 0 unspecified atom stereocenters. The van der Waals surface area contributed by atoms with Crippen molar-refractivity contribution in [3.05, 3.63) is 59.0 Å². The number of aryl methyl sites for hydroxylation is 1. The van der Waals surface area contributed by atoms with E-state index in [0.29, 0.717) is 38.0 Å². The lowest BCUT2D eigenvalue weighted by Crippen LogP contribution is -2.52. The van der Waals surface area contributed by atoms with Gasteiger partial charge in [-0.25, -0.2) is 14.2 Å². The number of pyridine rings is 1. The molecule has 38 heavy (non-hydrogen) atoms. The van der Waals surface area contributed by atoms with E-state index in [1.165, 1.54) is 17.0 Å². The number of carbonyl (C=O) groups is 3. The highest BCUT2D eigenvalue weighted by molar-refractivity contribution is 5.91. The van der Waals surface area contributed by atoms with Gasteiger partial charge in [-0.1, -0.05) is 18.2 Å². The number of rotatable bonds is 6. The Balaban J connectivity index is 1.42. The van der Waals surface area contributed by atoms with Gasteiger partial charge in [-0.05, 0) is 88.6 Å². The second kappa shape index (κ2) is 11.0. The van der Waals surface area contributed by atoms with Crippen LogP contribution in [0.5, 0.6) is 0 Å². The summed E-state index contributed by atoms with van der Waals surface area (Å²) in [6, 6.07) is 8.05. The lowest BCUT2D eigenvalue weighted by molar-refractivity contribution is -0.131. The van der Waals surface area contributed by atoms with Crippen molar-refractivity contribution in [3.63, 3.8) is 0 Å². The summed E-state index contributed by atoms with van der Waals surface area (Å²) in [7, 11) is 0. The van der Waals surface area contributed by atoms with Crippen molar-refractivity contribution in [1.29, 1.82) is 0 Å². The van der Waals surface area contributed by atoms with Gasteiger partial charge in [0.05, 0.1) is 6.04 Å². The van der Waals surface area contributed by atoms with E-state index in [-0.39, 0.29) is 23.7 Å². The van der Waals surface area contributed by atoms with E-state index in [1.54, 1.807) is 39.8 Å². The monoisotopic (exact) mass is 525 g/mol. The number of likely N-dealkylation sites (tertiary alicyclic amines) is 1. The fraction of sp³-hybridized carbons (Fsp3) is 0.500. The minimum atomic E-state index is -0.823. The number of hydrogen-bond acceptors (Lipinski definition) is 6. The molecule has 0 bridgehead atoms. The summed E-state index contributed by atoms with van der Waals surface area (Å²) < 4.78 is 19.3. The summed E-state index contributed by atoms with van der Waals surface area (Å²) in [4.78, 5) is 45.0. The third-order valence-corrected chi connectivity index (χ3v) is 6.88. The molecular formula is C28H36FN5O4. The van der Waals surface area contributed by atoms with Gasteiger partial charge in [0.2, 0.25) is 11.8 Å². The zero-order valence-electron chi connectivity index (χ0n) is 22.3. The summed E-state index contributed by atoms with van der Waals surface area (Å²) in [5, 5.41) is 5.76. The van der Waals surface area contributed by atoms with Gasteiger partial charge < -0.3 is 21.1 Å². The largest absolute Gasteiger partial charge is 0.444 e. The normalized spacial score (nSPS) is 21.5. The topological polar surface area (TPSA) is 127 Å². The summed E-state index contributed by atoms with van der Waals surface area (Å²) in [5.74, 6) is -0.715. The van der Waals surface area contributed by atoms with Crippen molar-refractivity contribution >= 4 is 23.7 Å². The third kappa shape index (κ3) is 6.59. The lowest BCUT2D eigenvalue weighted by Gasteiger charge is -2.28. The maximum atomic E-state index is 13.7. The molecule has 10 heteroatoms. The molecule has 2 aromatic rings. The molecule has 1 fully saturated rings. The third-order valence-electron chi connectivity index (χ3n) is 6.88. The standard InChI is InChI=1S/C28H36FN5O4/c1-16(25(35)33-22-10-9-21-20(22)8-11-24(30)32-21)31-26(36)23-14-18(12-17-6-5-7-19(29)13-17)15-34(23)27(37)38-28(2,3)4/h5-8,11,13,16,18,22-23H,9-10,12,14-15H2,1-4H3,(H2,30,32)(H,31,36)(H,33,35)/t16-,18-,22+,23+/m0/s1. The van der Waals surface area contributed by atoms with Crippen molar-refractivity contribution in [1.82, 2.24) is 20.5 Å². The number of anilines is 1. The Hall–Kier alpha value is -3.69. The van der Waals surface area contributed by atoms with Crippen LogP contribution in [0.25, 0.3) is 0 Å². The maximum Gasteiger partial charge on any atom is 0.410 e. The molecule has 0 spiro atoms. The Morgan fingerprint density at radius 2 is 2.00 bits per heavy atom. The van der Waals surface area contributed by atoms with Crippen LogP contribution < -0.4 is 16.4 Å². The molecule has 2 aliphatic rings. The number of aromatic nitrogens is 1. The van der Waals surface area contributed by atoms with Gasteiger partial charge in [0.25, 0.3) is 0 Å². The number of carbonyl (C=O) groups excluding carboxylic acids is 3. The molecule has 204 valence electrons. The molecule has 1 aromatic heterocycles. The zero-order valence-corrected chi connectivity index (χ0v) is 22.3. The number of fused-ring (bicyclic) bond motifs is 1. The van der Waals surface area contributed by atoms with E-state index in [2.05, 4.69) is 15.6 Å². The van der Waals surface area contributed by atoms with E-state index in [0.717, 1.165) is 16.8 Å². The van der Waals surface area contributed by atoms with E-state index in [4.69, 9.17) is 10.5 Å². The van der Waals surface area contributed by atoms with Crippen LogP contribution in [0, 0.1) is 11.7 Å². The quantitative estimate of drug-likeness (QED) is 0.531. The first-order chi connectivity index (χ1) is 17.9. The molecule has 4 rings (SSSR count). The molecule has 3 amide bonds. The molecule has 9 nitrogen and oxygen atoms in total. The van der Waals surface area contributed by atoms with Crippen LogP contribution in [-0.4, -0.2) is 52.0 Å². The number of nitrogen functional groups attached to an aromatic ring is 1. The Kier molecular flexibility index (Phi) is 7.89. The number of ether oxygens (including phenoxy) is 1.